The van der Waals surface area contributed by atoms with Gasteiger partial charge in [-0.15, -0.1) is 0 Å². The molecule has 0 saturated carbocycles. The van der Waals surface area contributed by atoms with E-state index in [-0.39, 0.29) is 36.2 Å². The first-order valence-corrected chi connectivity index (χ1v) is 7.54. The maximum Gasteiger partial charge on any atom is 1.00 e. The number of carbonyl (C=O) groups is 1. The Morgan fingerprint density at radius 3 is 2.22 bits per heavy atom. The number of hydrogen-bond acceptors (Lipinski definition) is 6. The van der Waals surface area contributed by atoms with E-state index in [0.29, 0.717) is 22.2 Å². The van der Waals surface area contributed by atoms with Gasteiger partial charge >= 0.3 is 35.5 Å². The molecule has 8 heteroatoms. The molecular formula is C15H18NNaO5S. The van der Waals surface area contributed by atoms with Gasteiger partial charge in [0.15, 0.2) is 0 Å². The summed E-state index contributed by atoms with van der Waals surface area (Å²) in [6, 6.07) is 8.75. The van der Waals surface area contributed by atoms with Crippen molar-refractivity contribution in [1.82, 2.24) is 0 Å². The minimum atomic E-state index is -4.25. The zero-order valence-corrected chi connectivity index (χ0v) is 16.0. The van der Waals surface area contributed by atoms with E-state index in [4.69, 9.17) is 5.73 Å². The molecule has 0 fully saturated rings. The molecule has 0 aliphatic heterocycles. The summed E-state index contributed by atoms with van der Waals surface area (Å²) in [5.74, 6) is -0.438. The van der Waals surface area contributed by atoms with Gasteiger partial charge in [-0.2, -0.15) is 0 Å². The number of ether oxygens (including phenoxy) is 1. The van der Waals surface area contributed by atoms with E-state index >= 15 is 0 Å². The second kappa shape index (κ2) is 12.1. The molecule has 23 heavy (non-hydrogen) atoms. The van der Waals surface area contributed by atoms with Crippen LogP contribution >= 0.6 is 0 Å². The van der Waals surface area contributed by atoms with Gasteiger partial charge in [0.2, 0.25) is 0 Å². The summed E-state index contributed by atoms with van der Waals surface area (Å²) in [6.45, 7) is 8.38. The van der Waals surface area contributed by atoms with Crippen molar-refractivity contribution in [3.63, 3.8) is 0 Å². The fourth-order valence-electron chi connectivity index (χ4n) is 1.01. The molecule has 1 rings (SSSR count). The summed E-state index contributed by atoms with van der Waals surface area (Å²) in [7, 11) is -4.25. The smallest absolute Gasteiger partial charge is 0.744 e. The summed E-state index contributed by atoms with van der Waals surface area (Å²) in [6.07, 6.45) is 1.27. The number of nitrogens with two attached hydrogens (primary N) is 1. The molecule has 0 atom stereocenters. The van der Waals surface area contributed by atoms with Crippen LogP contribution in [0.4, 0.5) is 0 Å². The molecule has 0 amide bonds. The van der Waals surface area contributed by atoms with Gasteiger partial charge in [-0.1, -0.05) is 43.5 Å². The van der Waals surface area contributed by atoms with Crippen molar-refractivity contribution in [2.24, 2.45) is 5.73 Å². The Morgan fingerprint density at radius 1 is 1.30 bits per heavy atom. The van der Waals surface area contributed by atoms with Gasteiger partial charge in [-0.3, -0.25) is 0 Å². The van der Waals surface area contributed by atoms with Crippen molar-refractivity contribution in [2.45, 2.75) is 6.92 Å². The number of carbonyl (C=O) groups excluding carboxylic acids is 1. The Bertz CT molecular complexity index is 654. The molecule has 2 N–H and O–H groups in total. The zero-order valence-electron chi connectivity index (χ0n) is 13.2. The Kier molecular flexibility index (Phi) is 12.6. The second-order valence-electron chi connectivity index (χ2n) is 4.22. The van der Waals surface area contributed by atoms with Crippen molar-refractivity contribution in [3.8, 4) is 0 Å². The zero-order chi connectivity index (χ0) is 17.2. The molecule has 6 nitrogen and oxygen atoms in total. The normalized spacial score (nSPS) is 10.0. The van der Waals surface area contributed by atoms with E-state index in [9.17, 15) is 17.8 Å². The molecule has 0 saturated heterocycles. The van der Waals surface area contributed by atoms with Crippen molar-refractivity contribution >= 4 is 22.2 Å². The molecule has 0 spiro atoms. The van der Waals surface area contributed by atoms with Gasteiger partial charge in [0.25, 0.3) is 0 Å². The first-order valence-electron chi connectivity index (χ1n) is 6.06. The molecular weight excluding hydrogens is 329 g/mol. The summed E-state index contributed by atoms with van der Waals surface area (Å²) in [5.41, 5.74) is 6.52. The fraction of sp³-hybridized carbons (Fsp3) is 0.133. The minimum Gasteiger partial charge on any atom is -0.744 e. The average Bonchev–Trinajstić information content (AvgIpc) is 2.43. The fourth-order valence-corrected chi connectivity index (χ4v) is 1.33. The molecule has 120 valence electrons. The van der Waals surface area contributed by atoms with Gasteiger partial charge in [0.05, 0.1) is 0 Å². The first-order chi connectivity index (χ1) is 10.1. The van der Waals surface area contributed by atoms with Crippen LogP contribution in [0, 0.1) is 0 Å². The van der Waals surface area contributed by atoms with Crippen LogP contribution in [0.3, 0.4) is 0 Å². The average molecular weight is 347 g/mol. The predicted octanol–water partition coefficient (Wildman–Crippen LogP) is -1.22. The molecule has 1 aromatic rings. The van der Waals surface area contributed by atoms with Crippen LogP contribution in [0.1, 0.15) is 12.5 Å². The second-order valence-corrected chi connectivity index (χ2v) is 5.48. The molecule has 0 heterocycles. The summed E-state index contributed by atoms with van der Waals surface area (Å²) in [5, 5.41) is 0.641. The van der Waals surface area contributed by atoms with E-state index in [1.807, 2.05) is 6.07 Å². The first kappa shape index (κ1) is 23.9. The van der Waals surface area contributed by atoms with Crippen LogP contribution in [-0.2, 0) is 19.6 Å². The largest absolute Gasteiger partial charge is 1.00 e. The molecule has 0 bridgehead atoms. The van der Waals surface area contributed by atoms with Crippen molar-refractivity contribution in [2.75, 3.05) is 6.61 Å². The number of hydrogen-bond donors (Lipinski definition) is 1. The van der Waals surface area contributed by atoms with Crippen LogP contribution in [0.25, 0.3) is 6.08 Å². The quantitative estimate of drug-likeness (QED) is 0.310. The molecule has 0 unspecified atom stereocenters. The Balaban J connectivity index is 0. The van der Waals surface area contributed by atoms with Gasteiger partial charge in [-0.05, 0) is 18.6 Å². The van der Waals surface area contributed by atoms with E-state index < -0.39 is 16.1 Å². The van der Waals surface area contributed by atoms with Gasteiger partial charge in [0, 0.05) is 16.7 Å². The van der Waals surface area contributed by atoms with Crippen LogP contribution in [0.2, 0.25) is 0 Å². The standard InChI is InChI=1S/C8H8O3S.C7H11NO2.Na/c9-12(10,11)7-6-8-4-2-1-3-5-8;1-5(2)7(9)10-4-6(3)8;/h1-7H,(H,9,10,11);1,3-4,8H2,2H3;/q;;+1/p-1. The third-order valence-electron chi connectivity index (χ3n) is 1.96. The maximum atomic E-state index is 10.6. The topological polar surface area (TPSA) is 110 Å². The third kappa shape index (κ3) is 15.3. The van der Waals surface area contributed by atoms with E-state index in [0.717, 1.165) is 0 Å². The van der Waals surface area contributed by atoms with E-state index in [1.165, 1.54) is 6.08 Å². The summed E-state index contributed by atoms with van der Waals surface area (Å²) >= 11 is 0. The van der Waals surface area contributed by atoms with Crippen LogP contribution in [-0.4, -0.2) is 25.5 Å². The van der Waals surface area contributed by atoms with E-state index in [1.54, 1.807) is 31.2 Å². The Hall–Kier alpha value is -1.38. The maximum absolute atomic E-state index is 10.6. The third-order valence-corrected chi connectivity index (χ3v) is 2.43. The van der Waals surface area contributed by atoms with Crippen LogP contribution < -0.4 is 35.3 Å². The molecule has 0 aliphatic rings. The van der Waals surface area contributed by atoms with Gasteiger partial charge in [-0.25, -0.2) is 13.2 Å². The van der Waals surface area contributed by atoms with Gasteiger partial charge < -0.3 is 15.0 Å². The number of esters is 1. The van der Waals surface area contributed by atoms with Crippen LogP contribution in [0.5, 0.6) is 0 Å². The monoisotopic (exact) mass is 347 g/mol. The molecule has 0 radical (unpaired) electrons. The minimum absolute atomic E-state index is 0. The van der Waals surface area contributed by atoms with Crippen molar-refractivity contribution in [1.29, 1.82) is 0 Å². The van der Waals surface area contributed by atoms with Gasteiger partial charge in [0.1, 0.15) is 16.7 Å². The molecule has 0 aromatic heterocycles. The van der Waals surface area contributed by atoms with Crippen LogP contribution in [0.15, 0.2) is 60.2 Å². The van der Waals surface area contributed by atoms with E-state index in [2.05, 4.69) is 17.9 Å². The van der Waals surface area contributed by atoms with Crippen molar-refractivity contribution < 1.29 is 52.1 Å². The Labute approximate surface area is 158 Å². The van der Waals surface area contributed by atoms with Crippen molar-refractivity contribution in [3.05, 3.63) is 65.7 Å². The summed E-state index contributed by atoms with van der Waals surface area (Å²) < 4.78 is 35.1. The molecule has 1 aromatic carbocycles. The number of benzene rings is 1. The molecule has 0 aliphatic carbocycles. The SMILES string of the molecule is C=C(N)COC(=O)C(=C)C.O=S(=O)([O-])C=Cc1ccccc1.[Na+]. The number of rotatable bonds is 5. The Morgan fingerprint density at radius 2 is 1.83 bits per heavy atom. The predicted molar refractivity (Wildman–Crippen MR) is 84.3 cm³/mol. The summed E-state index contributed by atoms with van der Waals surface area (Å²) in [4.78, 5) is 10.6.